The van der Waals surface area contributed by atoms with Gasteiger partial charge in [-0.1, -0.05) is 0 Å². The lowest BCUT2D eigenvalue weighted by molar-refractivity contribution is 0.468. The molecule has 4 N–H and O–H groups in total. The lowest BCUT2D eigenvalue weighted by Gasteiger charge is -2.12. The van der Waals surface area contributed by atoms with E-state index < -0.39 is 23.5 Å². The number of rotatable bonds is 4. The quantitative estimate of drug-likeness (QED) is 0.810. The zero-order valence-electron chi connectivity index (χ0n) is 8.55. The first-order chi connectivity index (χ1) is 7.06. The molecule has 6 heteroatoms. The standard InChI is InChI=1S/C10H13F3N2.ClH/c11-6-4-7(9(15)2-1-3-14)10(13)8(12)5-6;/h4-5,9H,1-3,14-15H2;1H/t9-;/m1./s1. The average Bonchev–Trinajstić information content (AvgIpc) is 2.19. The Morgan fingerprint density at radius 2 is 1.81 bits per heavy atom. The molecule has 0 aliphatic rings. The molecule has 2 nitrogen and oxygen atoms in total. The van der Waals surface area contributed by atoms with Gasteiger partial charge in [0.15, 0.2) is 11.6 Å². The summed E-state index contributed by atoms with van der Waals surface area (Å²) in [7, 11) is 0. The van der Waals surface area contributed by atoms with Crippen molar-refractivity contribution in [2.45, 2.75) is 18.9 Å². The third kappa shape index (κ3) is 3.66. The Balaban J connectivity index is 0.00000225. The summed E-state index contributed by atoms with van der Waals surface area (Å²) in [6, 6.07) is 0.687. The maximum atomic E-state index is 13.2. The molecule has 0 saturated carbocycles. The van der Waals surface area contributed by atoms with Crippen LogP contribution in [0.5, 0.6) is 0 Å². The van der Waals surface area contributed by atoms with Gasteiger partial charge >= 0.3 is 0 Å². The summed E-state index contributed by atoms with van der Waals surface area (Å²) >= 11 is 0. The van der Waals surface area contributed by atoms with Crippen molar-refractivity contribution in [3.05, 3.63) is 35.1 Å². The van der Waals surface area contributed by atoms with Crippen LogP contribution in [0.3, 0.4) is 0 Å². The van der Waals surface area contributed by atoms with Crippen molar-refractivity contribution in [3.63, 3.8) is 0 Å². The summed E-state index contributed by atoms with van der Waals surface area (Å²) < 4.78 is 38.8. The third-order valence-electron chi connectivity index (χ3n) is 2.14. The molecule has 1 atom stereocenters. The van der Waals surface area contributed by atoms with Crippen molar-refractivity contribution < 1.29 is 13.2 Å². The van der Waals surface area contributed by atoms with Gasteiger partial charge in [0.2, 0.25) is 0 Å². The molecular formula is C10H14ClF3N2. The minimum Gasteiger partial charge on any atom is -0.330 e. The fraction of sp³-hybridized carbons (Fsp3) is 0.400. The number of benzene rings is 1. The highest BCUT2D eigenvalue weighted by Crippen LogP contribution is 2.22. The molecule has 1 aromatic rings. The van der Waals surface area contributed by atoms with E-state index in [-0.39, 0.29) is 18.0 Å². The second-order valence-electron chi connectivity index (χ2n) is 3.33. The van der Waals surface area contributed by atoms with Gasteiger partial charge in [-0.2, -0.15) is 0 Å². The van der Waals surface area contributed by atoms with Crippen molar-refractivity contribution in [2.24, 2.45) is 11.5 Å². The first-order valence-corrected chi connectivity index (χ1v) is 4.66. The van der Waals surface area contributed by atoms with Crippen LogP contribution in [0, 0.1) is 17.5 Å². The Hall–Kier alpha value is -0.780. The lowest BCUT2D eigenvalue weighted by Crippen LogP contribution is -2.15. The Bertz CT molecular complexity index is 347. The summed E-state index contributed by atoms with van der Waals surface area (Å²) in [5.74, 6) is -3.12. The number of nitrogens with two attached hydrogens (primary N) is 2. The molecule has 1 rings (SSSR count). The summed E-state index contributed by atoms with van der Waals surface area (Å²) in [5, 5.41) is 0. The van der Waals surface area contributed by atoms with Crippen molar-refractivity contribution >= 4 is 12.4 Å². The van der Waals surface area contributed by atoms with Crippen molar-refractivity contribution in [1.82, 2.24) is 0 Å². The largest absolute Gasteiger partial charge is 0.330 e. The Morgan fingerprint density at radius 3 is 2.38 bits per heavy atom. The van der Waals surface area contributed by atoms with Gasteiger partial charge in [0, 0.05) is 17.7 Å². The molecule has 0 spiro atoms. The van der Waals surface area contributed by atoms with Gasteiger partial charge in [-0.15, -0.1) is 12.4 Å². The molecule has 0 heterocycles. The van der Waals surface area contributed by atoms with E-state index in [9.17, 15) is 13.2 Å². The second kappa shape index (κ2) is 6.73. The van der Waals surface area contributed by atoms with Crippen LogP contribution in [0.4, 0.5) is 13.2 Å². The smallest absolute Gasteiger partial charge is 0.163 e. The summed E-state index contributed by atoms with van der Waals surface area (Å²) in [6.07, 6.45) is 0.981. The fourth-order valence-corrected chi connectivity index (χ4v) is 1.34. The van der Waals surface area contributed by atoms with E-state index in [1.54, 1.807) is 0 Å². The van der Waals surface area contributed by atoms with E-state index in [0.717, 1.165) is 6.07 Å². The molecule has 0 bridgehead atoms. The Kier molecular flexibility index (Phi) is 6.40. The van der Waals surface area contributed by atoms with Crippen LogP contribution >= 0.6 is 12.4 Å². The van der Waals surface area contributed by atoms with Gasteiger partial charge in [0.25, 0.3) is 0 Å². The van der Waals surface area contributed by atoms with Crippen LogP contribution in [0.15, 0.2) is 12.1 Å². The molecule has 0 saturated heterocycles. The average molecular weight is 255 g/mol. The van der Waals surface area contributed by atoms with Crippen LogP contribution in [0.2, 0.25) is 0 Å². The van der Waals surface area contributed by atoms with Gasteiger partial charge in [-0.25, -0.2) is 13.2 Å². The van der Waals surface area contributed by atoms with Crippen molar-refractivity contribution in [1.29, 1.82) is 0 Å². The second-order valence-corrected chi connectivity index (χ2v) is 3.33. The van der Waals surface area contributed by atoms with Crippen LogP contribution in [0.25, 0.3) is 0 Å². The maximum Gasteiger partial charge on any atom is 0.163 e. The molecule has 16 heavy (non-hydrogen) atoms. The molecule has 0 unspecified atom stereocenters. The van der Waals surface area contributed by atoms with Gasteiger partial charge in [-0.3, -0.25) is 0 Å². The van der Waals surface area contributed by atoms with Crippen LogP contribution in [-0.2, 0) is 0 Å². The minimum absolute atomic E-state index is 0. The molecule has 0 aliphatic heterocycles. The molecule has 0 aliphatic carbocycles. The first kappa shape index (κ1) is 15.2. The summed E-state index contributed by atoms with van der Waals surface area (Å²) in [6.45, 7) is 0.410. The SMILES string of the molecule is Cl.NCCC[C@@H](N)c1cc(F)cc(F)c1F. The van der Waals surface area contributed by atoms with E-state index in [1.165, 1.54) is 0 Å². The molecule has 0 fully saturated rings. The number of hydrogen-bond donors (Lipinski definition) is 2. The molecule has 0 radical (unpaired) electrons. The molecule has 0 amide bonds. The number of halogens is 4. The normalized spacial score (nSPS) is 12.1. The van der Waals surface area contributed by atoms with E-state index in [4.69, 9.17) is 11.5 Å². The van der Waals surface area contributed by atoms with Gasteiger partial charge < -0.3 is 11.5 Å². The predicted octanol–water partition coefficient (Wildman–Crippen LogP) is 2.26. The van der Waals surface area contributed by atoms with E-state index in [1.807, 2.05) is 0 Å². The lowest BCUT2D eigenvalue weighted by atomic mass is 10.0. The Labute approximate surface area is 98.2 Å². The molecule has 0 aromatic heterocycles. The van der Waals surface area contributed by atoms with Crippen molar-refractivity contribution in [2.75, 3.05) is 6.54 Å². The fourth-order valence-electron chi connectivity index (χ4n) is 1.34. The van der Waals surface area contributed by atoms with Gasteiger partial charge in [0.05, 0.1) is 0 Å². The van der Waals surface area contributed by atoms with Gasteiger partial charge in [0.1, 0.15) is 5.82 Å². The van der Waals surface area contributed by atoms with E-state index >= 15 is 0 Å². The highest BCUT2D eigenvalue weighted by molar-refractivity contribution is 5.85. The van der Waals surface area contributed by atoms with E-state index in [2.05, 4.69) is 0 Å². The zero-order chi connectivity index (χ0) is 11.4. The summed E-state index contributed by atoms with van der Waals surface area (Å²) in [5.41, 5.74) is 10.7. The van der Waals surface area contributed by atoms with E-state index in [0.29, 0.717) is 25.5 Å². The highest BCUT2D eigenvalue weighted by atomic mass is 35.5. The third-order valence-corrected chi connectivity index (χ3v) is 2.14. The minimum atomic E-state index is -1.21. The van der Waals surface area contributed by atoms with Crippen LogP contribution in [0.1, 0.15) is 24.4 Å². The molecule has 1 aromatic carbocycles. The molecule has 92 valence electrons. The molecular weight excluding hydrogens is 241 g/mol. The van der Waals surface area contributed by atoms with Crippen LogP contribution in [-0.4, -0.2) is 6.54 Å². The Morgan fingerprint density at radius 1 is 1.19 bits per heavy atom. The summed E-state index contributed by atoms with van der Waals surface area (Å²) in [4.78, 5) is 0. The number of hydrogen-bond acceptors (Lipinski definition) is 2. The first-order valence-electron chi connectivity index (χ1n) is 4.66. The monoisotopic (exact) mass is 254 g/mol. The van der Waals surface area contributed by atoms with Crippen molar-refractivity contribution in [3.8, 4) is 0 Å². The highest BCUT2D eigenvalue weighted by Gasteiger charge is 2.16. The van der Waals surface area contributed by atoms with Crippen LogP contribution < -0.4 is 11.5 Å². The topological polar surface area (TPSA) is 52.0 Å². The van der Waals surface area contributed by atoms with Gasteiger partial charge in [-0.05, 0) is 25.5 Å². The predicted molar refractivity (Wildman–Crippen MR) is 58.8 cm³/mol. The zero-order valence-corrected chi connectivity index (χ0v) is 9.37. The maximum absolute atomic E-state index is 13.2.